The van der Waals surface area contributed by atoms with Gasteiger partial charge in [0.05, 0.1) is 12.6 Å². The van der Waals surface area contributed by atoms with Gasteiger partial charge in [0.25, 0.3) is 0 Å². The molecule has 1 aromatic rings. The number of hydrogen-bond acceptors (Lipinski definition) is 3. The standard InChI is InChI=1S/C16H25NOS/c1-19-15-10-8-13(9-11-15)16(12-18)17-14-6-4-2-3-5-7-14/h8-11,14,16-18H,2-7,12H2,1H3. The van der Waals surface area contributed by atoms with Gasteiger partial charge < -0.3 is 10.4 Å². The van der Waals surface area contributed by atoms with Gasteiger partial charge in [-0.2, -0.15) is 0 Å². The zero-order valence-electron chi connectivity index (χ0n) is 11.8. The molecule has 1 aromatic carbocycles. The second-order valence-corrected chi connectivity index (χ2v) is 6.24. The first kappa shape index (κ1) is 14.9. The van der Waals surface area contributed by atoms with Gasteiger partial charge in [0.15, 0.2) is 0 Å². The van der Waals surface area contributed by atoms with Gasteiger partial charge >= 0.3 is 0 Å². The summed E-state index contributed by atoms with van der Waals surface area (Å²) in [6, 6.07) is 9.20. The molecule has 0 aliphatic heterocycles. The molecule has 3 heteroatoms. The Morgan fingerprint density at radius 3 is 2.32 bits per heavy atom. The van der Waals surface area contributed by atoms with E-state index in [1.165, 1.54) is 49.0 Å². The fourth-order valence-corrected chi connectivity index (χ4v) is 3.23. The molecule has 0 saturated heterocycles. The van der Waals surface area contributed by atoms with Crippen molar-refractivity contribution >= 4 is 11.8 Å². The molecule has 1 fully saturated rings. The molecule has 1 unspecified atom stereocenters. The lowest BCUT2D eigenvalue weighted by molar-refractivity contribution is 0.228. The van der Waals surface area contributed by atoms with Crippen LogP contribution in [-0.2, 0) is 0 Å². The first-order valence-electron chi connectivity index (χ1n) is 7.34. The van der Waals surface area contributed by atoms with Gasteiger partial charge in [0.1, 0.15) is 0 Å². The van der Waals surface area contributed by atoms with E-state index in [-0.39, 0.29) is 12.6 Å². The number of aliphatic hydroxyl groups excluding tert-OH is 1. The minimum atomic E-state index is 0.0824. The second kappa shape index (κ2) is 7.93. The first-order valence-corrected chi connectivity index (χ1v) is 8.57. The van der Waals surface area contributed by atoms with Gasteiger partial charge in [-0.05, 0) is 36.8 Å². The maximum atomic E-state index is 9.64. The minimum Gasteiger partial charge on any atom is -0.394 e. The lowest BCUT2D eigenvalue weighted by atomic mass is 10.0. The summed E-state index contributed by atoms with van der Waals surface area (Å²) >= 11 is 1.75. The average Bonchev–Trinajstić information content (AvgIpc) is 2.73. The van der Waals surface area contributed by atoms with Crippen molar-refractivity contribution < 1.29 is 5.11 Å². The van der Waals surface area contributed by atoms with Crippen LogP contribution in [0, 0.1) is 0 Å². The van der Waals surface area contributed by atoms with Crippen LogP contribution < -0.4 is 5.32 Å². The molecule has 2 nitrogen and oxygen atoms in total. The summed E-state index contributed by atoms with van der Waals surface area (Å²) in [6.07, 6.45) is 9.96. The molecule has 2 rings (SSSR count). The van der Waals surface area contributed by atoms with Crippen molar-refractivity contribution in [3.63, 3.8) is 0 Å². The van der Waals surface area contributed by atoms with Crippen molar-refractivity contribution in [3.05, 3.63) is 29.8 Å². The predicted octanol–water partition coefficient (Wildman–Crippen LogP) is 3.75. The largest absolute Gasteiger partial charge is 0.394 e. The number of benzene rings is 1. The zero-order chi connectivity index (χ0) is 13.5. The molecule has 106 valence electrons. The molecular formula is C16H25NOS. The van der Waals surface area contributed by atoms with Crippen molar-refractivity contribution in [2.24, 2.45) is 0 Å². The minimum absolute atomic E-state index is 0.0824. The third kappa shape index (κ3) is 4.51. The molecule has 0 bridgehead atoms. The van der Waals surface area contributed by atoms with Crippen LogP contribution in [0.3, 0.4) is 0 Å². The van der Waals surface area contributed by atoms with Crippen molar-refractivity contribution in [1.29, 1.82) is 0 Å². The Bertz CT molecular complexity index is 358. The summed E-state index contributed by atoms with van der Waals surface area (Å²) in [6.45, 7) is 0.176. The molecule has 0 heterocycles. The van der Waals surface area contributed by atoms with Crippen LogP contribution in [0.15, 0.2) is 29.2 Å². The van der Waals surface area contributed by atoms with E-state index in [1.54, 1.807) is 11.8 Å². The quantitative estimate of drug-likeness (QED) is 0.636. The molecule has 0 spiro atoms. The normalized spacial score (nSPS) is 19.1. The Hall–Kier alpha value is -0.510. The van der Waals surface area contributed by atoms with Gasteiger partial charge in [-0.25, -0.2) is 0 Å². The number of rotatable bonds is 5. The first-order chi connectivity index (χ1) is 9.33. The lowest BCUT2D eigenvalue weighted by Crippen LogP contribution is -2.34. The van der Waals surface area contributed by atoms with Gasteiger partial charge in [0.2, 0.25) is 0 Å². The van der Waals surface area contributed by atoms with E-state index in [9.17, 15) is 5.11 Å². The molecule has 1 saturated carbocycles. The van der Waals surface area contributed by atoms with E-state index in [2.05, 4.69) is 35.8 Å². The summed E-state index contributed by atoms with van der Waals surface area (Å²) in [5.74, 6) is 0. The average molecular weight is 279 g/mol. The van der Waals surface area contributed by atoms with Crippen molar-refractivity contribution in [3.8, 4) is 0 Å². The SMILES string of the molecule is CSc1ccc(C(CO)NC2CCCCCC2)cc1. The van der Waals surface area contributed by atoms with Gasteiger partial charge in [-0.1, -0.05) is 37.8 Å². The Labute approximate surface area is 121 Å². The number of thioether (sulfide) groups is 1. The molecule has 0 radical (unpaired) electrons. The van der Waals surface area contributed by atoms with Crippen molar-refractivity contribution in [1.82, 2.24) is 5.32 Å². The number of nitrogens with one attached hydrogen (secondary N) is 1. The van der Waals surface area contributed by atoms with Crippen molar-refractivity contribution in [2.45, 2.75) is 55.5 Å². The highest BCUT2D eigenvalue weighted by molar-refractivity contribution is 7.98. The highest BCUT2D eigenvalue weighted by Crippen LogP contribution is 2.23. The number of aliphatic hydroxyl groups is 1. The molecule has 1 aliphatic carbocycles. The van der Waals surface area contributed by atoms with Crippen LogP contribution >= 0.6 is 11.8 Å². The van der Waals surface area contributed by atoms with Gasteiger partial charge in [-0.3, -0.25) is 0 Å². The molecule has 2 N–H and O–H groups in total. The Morgan fingerprint density at radius 2 is 1.79 bits per heavy atom. The van der Waals surface area contributed by atoms with E-state index in [1.807, 2.05) is 0 Å². The monoisotopic (exact) mass is 279 g/mol. The van der Waals surface area contributed by atoms with Crippen molar-refractivity contribution in [2.75, 3.05) is 12.9 Å². The second-order valence-electron chi connectivity index (χ2n) is 5.36. The fourth-order valence-electron chi connectivity index (χ4n) is 2.82. The molecule has 1 atom stereocenters. The summed E-state index contributed by atoms with van der Waals surface area (Å²) in [5, 5.41) is 13.3. The van der Waals surface area contributed by atoms with E-state index in [4.69, 9.17) is 0 Å². The molecule has 19 heavy (non-hydrogen) atoms. The molecule has 0 amide bonds. The Balaban J connectivity index is 1.97. The van der Waals surface area contributed by atoms with Gasteiger partial charge in [-0.15, -0.1) is 11.8 Å². The fraction of sp³-hybridized carbons (Fsp3) is 0.625. The van der Waals surface area contributed by atoms with E-state index in [0.29, 0.717) is 6.04 Å². The molecular weight excluding hydrogens is 254 g/mol. The van der Waals surface area contributed by atoms with Crippen LogP contribution in [0.5, 0.6) is 0 Å². The highest BCUT2D eigenvalue weighted by Gasteiger charge is 2.17. The maximum absolute atomic E-state index is 9.64. The van der Waals surface area contributed by atoms with Crippen LogP contribution in [0.2, 0.25) is 0 Å². The smallest absolute Gasteiger partial charge is 0.0626 e. The maximum Gasteiger partial charge on any atom is 0.0626 e. The summed E-state index contributed by atoms with van der Waals surface area (Å²) in [5.41, 5.74) is 1.20. The summed E-state index contributed by atoms with van der Waals surface area (Å²) in [7, 11) is 0. The third-order valence-corrected chi connectivity index (χ3v) is 4.74. The van der Waals surface area contributed by atoms with E-state index in [0.717, 1.165) is 0 Å². The summed E-state index contributed by atoms with van der Waals surface area (Å²) in [4.78, 5) is 1.27. The summed E-state index contributed by atoms with van der Waals surface area (Å²) < 4.78 is 0. The lowest BCUT2D eigenvalue weighted by Gasteiger charge is -2.24. The third-order valence-electron chi connectivity index (χ3n) is 3.99. The predicted molar refractivity (Wildman–Crippen MR) is 82.7 cm³/mol. The van der Waals surface area contributed by atoms with E-state index < -0.39 is 0 Å². The molecule has 1 aliphatic rings. The topological polar surface area (TPSA) is 32.3 Å². The van der Waals surface area contributed by atoms with Crippen LogP contribution in [-0.4, -0.2) is 24.0 Å². The van der Waals surface area contributed by atoms with Gasteiger partial charge in [0, 0.05) is 10.9 Å². The molecule has 0 aromatic heterocycles. The van der Waals surface area contributed by atoms with E-state index >= 15 is 0 Å². The zero-order valence-corrected chi connectivity index (χ0v) is 12.6. The Kier molecular flexibility index (Phi) is 6.21. The highest BCUT2D eigenvalue weighted by atomic mass is 32.2. The number of hydrogen-bond donors (Lipinski definition) is 2. The Morgan fingerprint density at radius 1 is 1.16 bits per heavy atom. The van der Waals surface area contributed by atoms with Crippen LogP contribution in [0.4, 0.5) is 0 Å². The van der Waals surface area contributed by atoms with Crippen LogP contribution in [0.25, 0.3) is 0 Å². The van der Waals surface area contributed by atoms with Crippen LogP contribution in [0.1, 0.15) is 50.1 Å².